The normalized spacial score (nSPS) is 18.2. The summed E-state index contributed by atoms with van der Waals surface area (Å²) in [5.74, 6) is -0.337. The van der Waals surface area contributed by atoms with Gasteiger partial charge in [0, 0.05) is 37.5 Å². The summed E-state index contributed by atoms with van der Waals surface area (Å²) >= 11 is 0. The second-order valence-electron chi connectivity index (χ2n) is 5.14. The number of carbonyl (C=O) groups is 1. The number of hydrogen-bond acceptors (Lipinski definition) is 5. The van der Waals surface area contributed by atoms with Crippen LogP contribution in [0.1, 0.15) is 16.8 Å². The number of benzene rings is 1. The molecule has 3 rings (SSSR count). The van der Waals surface area contributed by atoms with Gasteiger partial charge in [0.05, 0.1) is 24.3 Å². The number of aromatic nitrogens is 1. The number of carbonyl (C=O) groups excluding carboxylic acids is 1. The van der Waals surface area contributed by atoms with E-state index in [0.29, 0.717) is 5.56 Å². The maximum absolute atomic E-state index is 11.9. The Hall–Kier alpha value is -2.14. The van der Waals surface area contributed by atoms with E-state index in [2.05, 4.69) is 9.88 Å². The molecule has 0 N–H and O–H groups in total. The first-order chi connectivity index (χ1) is 10.2. The van der Waals surface area contributed by atoms with Crippen LogP contribution in [-0.4, -0.2) is 44.4 Å². The summed E-state index contributed by atoms with van der Waals surface area (Å²) in [7, 11) is 3.13. The minimum Gasteiger partial charge on any atom is -0.465 e. The van der Waals surface area contributed by atoms with Crippen LogP contribution in [0.5, 0.6) is 0 Å². The van der Waals surface area contributed by atoms with Crippen molar-refractivity contribution in [3.8, 4) is 0 Å². The van der Waals surface area contributed by atoms with Crippen LogP contribution < -0.4 is 4.90 Å². The predicted octanol–water partition coefficient (Wildman–Crippen LogP) is 2.25. The van der Waals surface area contributed by atoms with Crippen LogP contribution in [0.4, 0.5) is 5.69 Å². The number of hydrogen-bond donors (Lipinski definition) is 0. The lowest BCUT2D eigenvalue weighted by molar-refractivity contribution is 0.0603. The molecule has 0 spiro atoms. The molecule has 0 unspecified atom stereocenters. The van der Waals surface area contributed by atoms with Gasteiger partial charge in [-0.05, 0) is 30.7 Å². The summed E-state index contributed by atoms with van der Waals surface area (Å²) in [6.07, 6.45) is 2.92. The van der Waals surface area contributed by atoms with Gasteiger partial charge in [0.15, 0.2) is 0 Å². The highest BCUT2D eigenvalue weighted by molar-refractivity contribution is 6.04. The molecule has 0 amide bonds. The maximum Gasteiger partial charge on any atom is 0.338 e. The van der Waals surface area contributed by atoms with Crippen molar-refractivity contribution in [2.45, 2.75) is 12.5 Å². The van der Waals surface area contributed by atoms with Crippen molar-refractivity contribution < 1.29 is 14.3 Å². The molecule has 0 aliphatic carbocycles. The number of ether oxygens (including phenoxy) is 2. The fourth-order valence-electron chi connectivity index (χ4n) is 2.77. The van der Waals surface area contributed by atoms with E-state index in [1.54, 1.807) is 19.4 Å². The number of rotatable bonds is 3. The molecule has 110 valence electrons. The second-order valence-corrected chi connectivity index (χ2v) is 5.14. The molecule has 0 saturated carbocycles. The Bertz CT molecular complexity index is 672. The van der Waals surface area contributed by atoms with Gasteiger partial charge in [0.2, 0.25) is 0 Å². The summed E-state index contributed by atoms with van der Waals surface area (Å²) in [5.41, 5.74) is 2.43. The average Bonchev–Trinajstić information content (AvgIpc) is 3.02. The van der Waals surface area contributed by atoms with Gasteiger partial charge in [-0.2, -0.15) is 0 Å². The number of anilines is 1. The van der Waals surface area contributed by atoms with Crippen LogP contribution in [0.2, 0.25) is 0 Å². The van der Waals surface area contributed by atoms with Crippen LogP contribution in [0.3, 0.4) is 0 Å². The zero-order valence-electron chi connectivity index (χ0n) is 12.2. The smallest absolute Gasteiger partial charge is 0.338 e. The fraction of sp³-hybridized carbons (Fsp3) is 0.375. The van der Waals surface area contributed by atoms with Crippen molar-refractivity contribution in [3.63, 3.8) is 0 Å². The van der Waals surface area contributed by atoms with Crippen molar-refractivity contribution in [1.29, 1.82) is 0 Å². The minimum absolute atomic E-state index is 0.273. The Morgan fingerprint density at radius 3 is 2.90 bits per heavy atom. The van der Waals surface area contributed by atoms with Crippen molar-refractivity contribution in [3.05, 3.63) is 36.0 Å². The Morgan fingerprint density at radius 2 is 2.19 bits per heavy atom. The molecule has 1 aliphatic rings. The highest BCUT2D eigenvalue weighted by Gasteiger charge is 2.23. The third-order valence-corrected chi connectivity index (χ3v) is 3.97. The zero-order chi connectivity index (χ0) is 14.8. The first kappa shape index (κ1) is 13.8. The molecule has 2 heterocycles. The lowest BCUT2D eigenvalue weighted by Crippen LogP contribution is -2.22. The van der Waals surface area contributed by atoms with Crippen LogP contribution in [0, 0.1) is 0 Å². The first-order valence-electron chi connectivity index (χ1n) is 6.97. The lowest BCUT2D eigenvalue weighted by atomic mass is 10.1. The van der Waals surface area contributed by atoms with E-state index in [4.69, 9.17) is 9.47 Å². The first-order valence-corrected chi connectivity index (χ1v) is 6.97. The molecule has 21 heavy (non-hydrogen) atoms. The van der Waals surface area contributed by atoms with Crippen LogP contribution in [0.15, 0.2) is 30.5 Å². The number of fused-ring (bicyclic) bond motifs is 1. The highest BCUT2D eigenvalue weighted by atomic mass is 16.5. The Labute approximate surface area is 123 Å². The second kappa shape index (κ2) is 5.69. The van der Waals surface area contributed by atoms with E-state index < -0.39 is 0 Å². The molecule has 1 aliphatic heterocycles. The van der Waals surface area contributed by atoms with Gasteiger partial charge in [0.25, 0.3) is 0 Å². The Kier molecular flexibility index (Phi) is 3.75. The molecule has 0 radical (unpaired) electrons. The molecular weight excluding hydrogens is 268 g/mol. The van der Waals surface area contributed by atoms with Crippen molar-refractivity contribution >= 4 is 22.6 Å². The van der Waals surface area contributed by atoms with Gasteiger partial charge < -0.3 is 14.4 Å². The Morgan fingerprint density at radius 1 is 1.33 bits per heavy atom. The summed E-state index contributed by atoms with van der Waals surface area (Å²) < 4.78 is 10.2. The monoisotopic (exact) mass is 286 g/mol. The molecule has 2 aromatic rings. The SMILES string of the molecule is COC(=O)c1ccnc2ccc(N3CC[C@H](OC)C3)cc12. The molecule has 1 saturated heterocycles. The van der Waals surface area contributed by atoms with Crippen LogP contribution in [0.25, 0.3) is 10.9 Å². The van der Waals surface area contributed by atoms with Crippen LogP contribution >= 0.6 is 0 Å². The van der Waals surface area contributed by atoms with Gasteiger partial charge in [-0.3, -0.25) is 4.98 Å². The summed E-state index contributed by atoms with van der Waals surface area (Å²) in [5, 5.41) is 0.822. The van der Waals surface area contributed by atoms with E-state index in [1.165, 1.54) is 7.11 Å². The third-order valence-electron chi connectivity index (χ3n) is 3.97. The van der Waals surface area contributed by atoms with E-state index in [-0.39, 0.29) is 12.1 Å². The molecular formula is C16H18N2O3. The third kappa shape index (κ3) is 2.56. The molecule has 5 nitrogen and oxygen atoms in total. The average molecular weight is 286 g/mol. The molecule has 1 fully saturated rings. The Balaban J connectivity index is 2.01. The van der Waals surface area contributed by atoms with Gasteiger partial charge in [0.1, 0.15) is 0 Å². The lowest BCUT2D eigenvalue weighted by Gasteiger charge is -2.19. The molecule has 1 atom stereocenters. The molecule has 1 aromatic heterocycles. The van der Waals surface area contributed by atoms with E-state index in [9.17, 15) is 4.79 Å². The number of esters is 1. The summed E-state index contributed by atoms with van der Waals surface area (Å²) in [6, 6.07) is 7.68. The topological polar surface area (TPSA) is 51.7 Å². The summed E-state index contributed by atoms with van der Waals surface area (Å²) in [4.78, 5) is 18.4. The van der Waals surface area contributed by atoms with E-state index >= 15 is 0 Å². The van der Waals surface area contributed by atoms with Gasteiger partial charge in [-0.1, -0.05) is 0 Å². The van der Waals surface area contributed by atoms with E-state index in [0.717, 1.165) is 36.1 Å². The maximum atomic E-state index is 11.9. The largest absolute Gasteiger partial charge is 0.465 e. The zero-order valence-corrected chi connectivity index (χ0v) is 12.2. The molecule has 0 bridgehead atoms. The number of methoxy groups -OCH3 is 2. The van der Waals surface area contributed by atoms with Gasteiger partial charge in [-0.25, -0.2) is 4.79 Å². The quantitative estimate of drug-likeness (QED) is 0.810. The van der Waals surface area contributed by atoms with Gasteiger partial charge >= 0.3 is 5.97 Å². The molecule has 5 heteroatoms. The van der Waals surface area contributed by atoms with E-state index in [1.807, 2.05) is 18.2 Å². The van der Waals surface area contributed by atoms with Crippen molar-refractivity contribution in [2.24, 2.45) is 0 Å². The number of pyridine rings is 1. The summed E-state index contributed by atoms with van der Waals surface area (Å²) in [6.45, 7) is 1.83. The minimum atomic E-state index is -0.337. The fourth-order valence-corrected chi connectivity index (χ4v) is 2.77. The van der Waals surface area contributed by atoms with Crippen molar-refractivity contribution in [1.82, 2.24) is 4.98 Å². The van der Waals surface area contributed by atoms with Crippen LogP contribution in [-0.2, 0) is 9.47 Å². The standard InChI is InChI=1S/C16H18N2O3/c1-20-12-6-8-18(10-12)11-3-4-15-14(9-11)13(5-7-17-15)16(19)21-2/h3-5,7,9,12H,6,8,10H2,1-2H3/t12-/m0/s1. The van der Waals surface area contributed by atoms with Gasteiger partial charge in [-0.15, -0.1) is 0 Å². The predicted molar refractivity (Wildman–Crippen MR) is 80.7 cm³/mol. The van der Waals surface area contributed by atoms with Crippen molar-refractivity contribution in [2.75, 3.05) is 32.2 Å². The number of nitrogens with zero attached hydrogens (tertiary/aromatic N) is 2. The molecule has 1 aromatic carbocycles. The highest BCUT2D eigenvalue weighted by Crippen LogP contribution is 2.27.